The molecule has 0 radical (unpaired) electrons. The number of amides is 1. The highest BCUT2D eigenvalue weighted by Crippen LogP contribution is 2.26. The van der Waals surface area contributed by atoms with Gasteiger partial charge in [0.1, 0.15) is 6.04 Å². The van der Waals surface area contributed by atoms with E-state index in [1.807, 2.05) is 36.4 Å². The molecule has 1 saturated heterocycles. The van der Waals surface area contributed by atoms with E-state index in [0.29, 0.717) is 5.69 Å². The van der Waals surface area contributed by atoms with E-state index < -0.39 is 12.1 Å². The quantitative estimate of drug-likeness (QED) is 0.534. The van der Waals surface area contributed by atoms with Crippen LogP contribution in [0.3, 0.4) is 0 Å². The normalized spacial score (nSPS) is 19.9. The maximum atomic E-state index is 12.5. The van der Waals surface area contributed by atoms with Gasteiger partial charge in [0.2, 0.25) is 5.91 Å². The van der Waals surface area contributed by atoms with Crippen molar-refractivity contribution in [3.8, 4) is 0 Å². The van der Waals surface area contributed by atoms with E-state index >= 15 is 0 Å². The van der Waals surface area contributed by atoms with Gasteiger partial charge in [-0.15, -0.1) is 0 Å². The first kappa shape index (κ1) is 21.9. The predicted octanol–water partition coefficient (Wildman–Crippen LogP) is 2.84. The monoisotopic (exact) mass is 432 g/mol. The molecule has 1 fully saturated rings. The molecule has 3 heterocycles. The molecule has 7 heteroatoms. The Kier molecular flexibility index (Phi) is 6.78. The SMILES string of the molecule is C[C@H](C(=O)Nc1ccc(C[C@@H]2CC[C@H](C(O)c3cccnc3)N2)cc1)n1ccccc1=O. The van der Waals surface area contributed by atoms with Crippen LogP contribution in [-0.2, 0) is 11.2 Å². The maximum absolute atomic E-state index is 12.5. The number of carbonyl (C=O) groups excluding carboxylic acids is 1. The summed E-state index contributed by atoms with van der Waals surface area (Å²) in [7, 11) is 0. The molecule has 0 bridgehead atoms. The van der Waals surface area contributed by atoms with Crippen molar-refractivity contribution >= 4 is 11.6 Å². The van der Waals surface area contributed by atoms with Crippen molar-refractivity contribution in [2.45, 2.75) is 50.4 Å². The van der Waals surface area contributed by atoms with Crippen LogP contribution < -0.4 is 16.2 Å². The van der Waals surface area contributed by atoms with E-state index in [1.54, 1.807) is 37.6 Å². The Morgan fingerprint density at radius 1 is 1.19 bits per heavy atom. The molecule has 0 saturated carbocycles. The molecule has 4 atom stereocenters. The summed E-state index contributed by atoms with van der Waals surface area (Å²) in [6.45, 7) is 1.70. The Balaban J connectivity index is 1.31. The molecule has 7 nitrogen and oxygen atoms in total. The van der Waals surface area contributed by atoms with Gasteiger partial charge in [0.15, 0.2) is 0 Å². The van der Waals surface area contributed by atoms with Gasteiger partial charge in [0, 0.05) is 48.0 Å². The molecule has 1 aromatic carbocycles. The van der Waals surface area contributed by atoms with Gasteiger partial charge in [-0.2, -0.15) is 0 Å². The van der Waals surface area contributed by atoms with Gasteiger partial charge < -0.3 is 20.3 Å². The molecule has 1 amide bonds. The Morgan fingerprint density at radius 2 is 2.00 bits per heavy atom. The maximum Gasteiger partial charge on any atom is 0.251 e. The number of benzene rings is 1. The van der Waals surface area contributed by atoms with Crippen molar-refractivity contribution in [3.05, 3.63) is 94.7 Å². The molecular formula is C25H28N4O3. The largest absolute Gasteiger partial charge is 0.387 e. The van der Waals surface area contributed by atoms with Crippen LogP contribution in [0.2, 0.25) is 0 Å². The minimum Gasteiger partial charge on any atom is -0.387 e. The highest BCUT2D eigenvalue weighted by molar-refractivity contribution is 5.93. The molecule has 1 aliphatic rings. The van der Waals surface area contributed by atoms with Crippen molar-refractivity contribution in [1.29, 1.82) is 0 Å². The molecule has 32 heavy (non-hydrogen) atoms. The zero-order valence-electron chi connectivity index (χ0n) is 18.0. The first-order chi connectivity index (χ1) is 15.5. The number of hydrogen-bond acceptors (Lipinski definition) is 5. The summed E-state index contributed by atoms with van der Waals surface area (Å²) in [5.41, 5.74) is 2.47. The zero-order chi connectivity index (χ0) is 22.5. The van der Waals surface area contributed by atoms with Crippen LogP contribution in [0.25, 0.3) is 0 Å². The van der Waals surface area contributed by atoms with E-state index in [-0.39, 0.29) is 23.6 Å². The van der Waals surface area contributed by atoms with Crippen molar-refractivity contribution in [2.75, 3.05) is 5.32 Å². The Morgan fingerprint density at radius 3 is 2.72 bits per heavy atom. The lowest BCUT2D eigenvalue weighted by Crippen LogP contribution is -2.35. The Labute approximate surface area is 187 Å². The number of aliphatic hydroxyl groups is 1. The second kappa shape index (κ2) is 9.89. The number of rotatable bonds is 7. The number of anilines is 1. The van der Waals surface area contributed by atoms with Crippen LogP contribution in [0.4, 0.5) is 5.69 Å². The standard InChI is InChI=1S/C25H28N4O3/c1-17(29-14-3-2-6-23(29)30)25(32)28-20-9-7-18(8-10-20)15-21-11-12-22(27-21)24(31)19-5-4-13-26-16-19/h2-10,13-14,16-17,21-22,24,27,31H,11-12,15H2,1H3,(H,28,32)/t17-,21+,22-,24?/m1/s1. The number of nitrogens with one attached hydrogen (secondary N) is 2. The van der Waals surface area contributed by atoms with Crippen molar-refractivity contribution < 1.29 is 9.90 Å². The van der Waals surface area contributed by atoms with Gasteiger partial charge in [-0.1, -0.05) is 24.3 Å². The van der Waals surface area contributed by atoms with Crippen LogP contribution in [0, 0.1) is 0 Å². The predicted molar refractivity (Wildman–Crippen MR) is 123 cm³/mol. The number of pyridine rings is 2. The topological polar surface area (TPSA) is 96.2 Å². The molecular weight excluding hydrogens is 404 g/mol. The van der Waals surface area contributed by atoms with Crippen LogP contribution in [0.15, 0.2) is 78.0 Å². The molecule has 3 N–H and O–H groups in total. The summed E-state index contributed by atoms with van der Waals surface area (Å²) in [5, 5.41) is 17.0. The van der Waals surface area contributed by atoms with E-state index in [4.69, 9.17) is 0 Å². The number of carbonyl (C=O) groups is 1. The first-order valence-corrected chi connectivity index (χ1v) is 10.9. The van der Waals surface area contributed by atoms with E-state index in [1.165, 1.54) is 10.6 Å². The minimum atomic E-state index is -0.603. The average Bonchev–Trinajstić information content (AvgIpc) is 3.28. The van der Waals surface area contributed by atoms with E-state index in [2.05, 4.69) is 15.6 Å². The Hall–Kier alpha value is -3.29. The number of aliphatic hydroxyl groups excluding tert-OH is 1. The summed E-state index contributed by atoms with van der Waals surface area (Å²) < 4.78 is 1.41. The van der Waals surface area contributed by atoms with Crippen molar-refractivity contribution in [1.82, 2.24) is 14.9 Å². The fourth-order valence-electron chi connectivity index (χ4n) is 4.18. The van der Waals surface area contributed by atoms with Crippen LogP contribution in [-0.4, -0.2) is 32.6 Å². The molecule has 1 aliphatic heterocycles. The van der Waals surface area contributed by atoms with E-state index in [0.717, 1.165) is 30.4 Å². The first-order valence-electron chi connectivity index (χ1n) is 10.9. The second-order valence-corrected chi connectivity index (χ2v) is 8.29. The van der Waals surface area contributed by atoms with Gasteiger partial charge in [-0.05, 0) is 56.0 Å². The zero-order valence-corrected chi connectivity index (χ0v) is 18.0. The van der Waals surface area contributed by atoms with Crippen molar-refractivity contribution in [3.63, 3.8) is 0 Å². The summed E-state index contributed by atoms with van der Waals surface area (Å²) in [6.07, 6.45) is 7.21. The van der Waals surface area contributed by atoms with Crippen LogP contribution in [0.5, 0.6) is 0 Å². The van der Waals surface area contributed by atoms with Gasteiger partial charge in [-0.3, -0.25) is 14.6 Å². The van der Waals surface area contributed by atoms with Gasteiger partial charge in [0.05, 0.1) is 6.10 Å². The van der Waals surface area contributed by atoms with Crippen molar-refractivity contribution in [2.24, 2.45) is 0 Å². The molecule has 2 aromatic heterocycles. The number of nitrogens with zero attached hydrogens (tertiary/aromatic N) is 2. The third-order valence-electron chi connectivity index (χ3n) is 6.03. The smallest absolute Gasteiger partial charge is 0.251 e. The summed E-state index contributed by atoms with van der Waals surface area (Å²) in [5.74, 6) is -0.240. The van der Waals surface area contributed by atoms with Crippen LogP contribution in [0.1, 0.15) is 43.0 Å². The molecule has 0 spiro atoms. The van der Waals surface area contributed by atoms with Crippen LogP contribution >= 0.6 is 0 Å². The third-order valence-corrected chi connectivity index (χ3v) is 6.03. The fourth-order valence-corrected chi connectivity index (χ4v) is 4.18. The van der Waals surface area contributed by atoms with Gasteiger partial charge in [0.25, 0.3) is 5.56 Å². The second-order valence-electron chi connectivity index (χ2n) is 8.29. The summed E-state index contributed by atoms with van der Waals surface area (Å²) in [6, 6.07) is 16.0. The lowest BCUT2D eigenvalue weighted by Gasteiger charge is -2.20. The molecule has 1 unspecified atom stereocenters. The lowest BCUT2D eigenvalue weighted by atomic mass is 10.0. The Bertz CT molecular complexity index is 1100. The molecule has 3 aromatic rings. The third kappa shape index (κ3) is 5.12. The fraction of sp³-hybridized carbons (Fsp3) is 0.320. The highest BCUT2D eigenvalue weighted by Gasteiger charge is 2.30. The average molecular weight is 433 g/mol. The molecule has 4 rings (SSSR count). The van der Waals surface area contributed by atoms with Gasteiger partial charge >= 0.3 is 0 Å². The lowest BCUT2D eigenvalue weighted by molar-refractivity contribution is -0.118. The van der Waals surface area contributed by atoms with Gasteiger partial charge in [-0.25, -0.2) is 0 Å². The highest BCUT2D eigenvalue weighted by atomic mass is 16.3. The number of aromatic nitrogens is 2. The molecule has 166 valence electrons. The summed E-state index contributed by atoms with van der Waals surface area (Å²) >= 11 is 0. The molecule has 0 aliphatic carbocycles. The van der Waals surface area contributed by atoms with E-state index in [9.17, 15) is 14.7 Å². The summed E-state index contributed by atoms with van der Waals surface area (Å²) in [4.78, 5) is 28.6. The number of hydrogen-bond donors (Lipinski definition) is 3. The minimum absolute atomic E-state index is 0.0191.